The summed E-state index contributed by atoms with van der Waals surface area (Å²) in [7, 11) is 3.43. The Balaban J connectivity index is 1.61. The summed E-state index contributed by atoms with van der Waals surface area (Å²) in [6.07, 6.45) is 8.26. The molecule has 4 rings (SSSR count). The molecule has 0 unspecified atom stereocenters. The van der Waals surface area contributed by atoms with E-state index in [1.165, 1.54) is 24.8 Å². The summed E-state index contributed by atoms with van der Waals surface area (Å²) in [4.78, 5) is 6.76. The van der Waals surface area contributed by atoms with Crippen LogP contribution < -0.4 is 9.47 Å². The van der Waals surface area contributed by atoms with E-state index >= 15 is 0 Å². The first-order valence-corrected chi connectivity index (χ1v) is 10.9. The maximum Gasteiger partial charge on any atom is 0.137 e. The zero-order valence-corrected chi connectivity index (χ0v) is 18.6. The third kappa shape index (κ3) is 5.25. The molecule has 1 fully saturated rings. The van der Waals surface area contributed by atoms with Gasteiger partial charge in [0, 0.05) is 49.6 Å². The van der Waals surface area contributed by atoms with E-state index in [4.69, 9.17) is 14.0 Å². The minimum Gasteiger partial charge on any atom is -0.497 e. The van der Waals surface area contributed by atoms with Crippen molar-refractivity contribution in [3.8, 4) is 11.5 Å². The number of hydrogen-bond donors (Lipinski definition) is 0. The zero-order chi connectivity index (χ0) is 21.6. The molecule has 6 nitrogen and oxygen atoms in total. The van der Waals surface area contributed by atoms with Gasteiger partial charge in [0.25, 0.3) is 0 Å². The van der Waals surface area contributed by atoms with Crippen molar-refractivity contribution < 1.29 is 14.0 Å². The normalized spacial score (nSPS) is 18.5. The fourth-order valence-corrected chi connectivity index (χ4v) is 4.74. The summed E-state index contributed by atoms with van der Waals surface area (Å²) < 4.78 is 16.7. The summed E-state index contributed by atoms with van der Waals surface area (Å²) in [6, 6.07) is 12.7. The van der Waals surface area contributed by atoms with Crippen molar-refractivity contribution in [3.05, 3.63) is 71.4 Å². The molecule has 1 aromatic carbocycles. The smallest absolute Gasteiger partial charge is 0.137 e. The molecular formula is C25H31N3O3. The fraction of sp³-hybridized carbons (Fsp3) is 0.440. The highest BCUT2D eigenvalue weighted by Crippen LogP contribution is 2.36. The number of rotatable bonds is 9. The first-order valence-electron chi connectivity index (χ1n) is 10.9. The van der Waals surface area contributed by atoms with Crippen molar-refractivity contribution >= 4 is 0 Å². The molecule has 1 aliphatic rings. The van der Waals surface area contributed by atoms with E-state index in [1.54, 1.807) is 14.2 Å². The predicted molar refractivity (Wildman–Crippen MR) is 119 cm³/mol. The average molecular weight is 422 g/mol. The van der Waals surface area contributed by atoms with Crippen LogP contribution in [0.4, 0.5) is 0 Å². The van der Waals surface area contributed by atoms with Crippen molar-refractivity contribution in [2.75, 3.05) is 14.2 Å². The molecule has 0 aliphatic heterocycles. The van der Waals surface area contributed by atoms with Crippen LogP contribution in [-0.2, 0) is 19.5 Å². The third-order valence-electron chi connectivity index (χ3n) is 6.22. The maximum absolute atomic E-state index is 5.67. The molecule has 0 bridgehead atoms. The lowest BCUT2D eigenvalue weighted by molar-refractivity contribution is 0.137. The first-order chi connectivity index (χ1) is 15.2. The van der Waals surface area contributed by atoms with Crippen LogP contribution in [0.2, 0.25) is 0 Å². The van der Waals surface area contributed by atoms with E-state index in [-0.39, 0.29) is 0 Å². The van der Waals surface area contributed by atoms with Gasteiger partial charge in [-0.3, -0.25) is 9.88 Å². The lowest BCUT2D eigenvalue weighted by atomic mass is 9.95. The Kier molecular flexibility index (Phi) is 6.87. The topological polar surface area (TPSA) is 60.6 Å². The van der Waals surface area contributed by atoms with E-state index in [9.17, 15) is 0 Å². The number of methoxy groups -OCH3 is 2. The Bertz CT molecular complexity index is 973. The molecule has 6 heteroatoms. The lowest BCUT2D eigenvalue weighted by Gasteiger charge is -2.33. The molecule has 31 heavy (non-hydrogen) atoms. The molecule has 1 saturated carbocycles. The second kappa shape index (κ2) is 9.96. The molecule has 2 atom stereocenters. The van der Waals surface area contributed by atoms with Gasteiger partial charge in [-0.05, 0) is 61.6 Å². The number of hydrogen-bond acceptors (Lipinski definition) is 6. The van der Waals surface area contributed by atoms with Crippen molar-refractivity contribution in [3.63, 3.8) is 0 Å². The molecule has 0 amide bonds. The third-order valence-corrected chi connectivity index (χ3v) is 6.22. The Morgan fingerprint density at radius 2 is 1.87 bits per heavy atom. The van der Waals surface area contributed by atoms with Crippen molar-refractivity contribution in [2.45, 2.75) is 51.7 Å². The summed E-state index contributed by atoms with van der Waals surface area (Å²) in [5, 5.41) is 4.08. The minimum atomic E-state index is 0.453. The van der Waals surface area contributed by atoms with Gasteiger partial charge in [0.05, 0.1) is 19.9 Å². The SMILES string of the molecule is COc1ccc(OC)c(CN(Cc2ccncc2)[C@@H]2CCC[C@H]2Cc2cc(C)no2)c1. The molecule has 2 aromatic heterocycles. The average Bonchev–Trinajstić information content (AvgIpc) is 3.42. The Labute approximate surface area is 184 Å². The van der Waals surface area contributed by atoms with Crippen LogP contribution >= 0.6 is 0 Å². The van der Waals surface area contributed by atoms with Gasteiger partial charge in [-0.2, -0.15) is 0 Å². The first kappa shape index (κ1) is 21.4. The summed E-state index contributed by atoms with van der Waals surface area (Å²) >= 11 is 0. The number of pyridine rings is 1. The molecule has 164 valence electrons. The Morgan fingerprint density at radius 1 is 1.03 bits per heavy atom. The van der Waals surface area contributed by atoms with Crippen molar-refractivity contribution in [1.82, 2.24) is 15.0 Å². The van der Waals surface area contributed by atoms with E-state index in [0.717, 1.165) is 48.0 Å². The maximum atomic E-state index is 5.67. The molecule has 0 spiro atoms. The predicted octanol–water partition coefficient (Wildman–Crippen LogP) is 4.81. The molecule has 0 radical (unpaired) electrons. The summed E-state index contributed by atoms with van der Waals surface area (Å²) in [5.41, 5.74) is 3.34. The van der Waals surface area contributed by atoms with Gasteiger partial charge in [-0.25, -0.2) is 0 Å². The van der Waals surface area contributed by atoms with Gasteiger partial charge in [0.1, 0.15) is 17.3 Å². The Morgan fingerprint density at radius 3 is 2.58 bits per heavy atom. The largest absolute Gasteiger partial charge is 0.497 e. The van der Waals surface area contributed by atoms with Gasteiger partial charge in [0.2, 0.25) is 0 Å². The second-order valence-corrected chi connectivity index (χ2v) is 8.34. The standard InChI is InChI=1S/C25H31N3O3/c1-18-13-23(31-27-18)14-20-5-4-6-24(20)28(16-19-9-11-26-12-10-19)17-21-15-22(29-2)7-8-25(21)30-3/h7-13,15,20,24H,4-6,14,16-17H2,1-3H3/t20-,24+/m0/s1. The highest BCUT2D eigenvalue weighted by molar-refractivity contribution is 5.40. The quantitative estimate of drug-likeness (QED) is 0.494. The van der Waals surface area contributed by atoms with Gasteiger partial charge in [-0.15, -0.1) is 0 Å². The van der Waals surface area contributed by atoms with E-state index in [1.807, 2.05) is 31.5 Å². The Hall–Kier alpha value is -2.86. The van der Waals surface area contributed by atoms with Crippen LogP contribution in [0.3, 0.4) is 0 Å². The number of nitrogens with zero attached hydrogens (tertiary/aromatic N) is 3. The van der Waals surface area contributed by atoms with Gasteiger partial charge in [-0.1, -0.05) is 11.6 Å². The summed E-state index contributed by atoms with van der Waals surface area (Å²) in [6.45, 7) is 3.63. The van der Waals surface area contributed by atoms with Crippen molar-refractivity contribution in [2.24, 2.45) is 5.92 Å². The monoisotopic (exact) mass is 421 g/mol. The van der Waals surface area contributed by atoms with Gasteiger partial charge < -0.3 is 14.0 Å². The molecule has 2 heterocycles. The highest BCUT2D eigenvalue weighted by atomic mass is 16.5. The van der Waals surface area contributed by atoms with E-state index in [2.05, 4.69) is 39.3 Å². The zero-order valence-electron chi connectivity index (χ0n) is 18.6. The van der Waals surface area contributed by atoms with E-state index in [0.29, 0.717) is 12.0 Å². The highest BCUT2D eigenvalue weighted by Gasteiger charge is 2.33. The lowest BCUT2D eigenvalue weighted by Crippen LogP contribution is -2.37. The molecule has 0 saturated heterocycles. The molecule has 3 aromatic rings. The molecular weight excluding hydrogens is 390 g/mol. The van der Waals surface area contributed by atoms with Crippen LogP contribution in [0, 0.1) is 12.8 Å². The fourth-order valence-electron chi connectivity index (χ4n) is 4.74. The number of aromatic nitrogens is 2. The van der Waals surface area contributed by atoms with Crippen molar-refractivity contribution in [1.29, 1.82) is 0 Å². The number of benzene rings is 1. The van der Waals surface area contributed by atoms with E-state index < -0.39 is 0 Å². The number of ether oxygens (including phenoxy) is 2. The van der Waals surface area contributed by atoms with Gasteiger partial charge in [0.15, 0.2) is 0 Å². The van der Waals surface area contributed by atoms with Crippen LogP contribution in [0.25, 0.3) is 0 Å². The minimum absolute atomic E-state index is 0.453. The molecule has 1 aliphatic carbocycles. The van der Waals surface area contributed by atoms with Crippen LogP contribution in [0.5, 0.6) is 11.5 Å². The molecule has 0 N–H and O–H groups in total. The van der Waals surface area contributed by atoms with Crippen LogP contribution in [0.1, 0.15) is 41.8 Å². The van der Waals surface area contributed by atoms with Crippen LogP contribution in [-0.4, -0.2) is 35.3 Å². The second-order valence-electron chi connectivity index (χ2n) is 8.34. The summed E-state index contributed by atoms with van der Waals surface area (Å²) in [5.74, 6) is 3.25. The van der Waals surface area contributed by atoms with Crippen LogP contribution in [0.15, 0.2) is 53.3 Å². The van der Waals surface area contributed by atoms with Gasteiger partial charge >= 0.3 is 0 Å². The number of aryl methyl sites for hydroxylation is 1.